The molecule has 2 amide bonds. The van der Waals surface area contributed by atoms with Crippen molar-refractivity contribution in [3.63, 3.8) is 0 Å². The van der Waals surface area contributed by atoms with Crippen molar-refractivity contribution in [3.8, 4) is 0 Å². The van der Waals surface area contributed by atoms with Crippen LogP contribution in [0.1, 0.15) is 42.4 Å². The van der Waals surface area contributed by atoms with Crippen LogP contribution in [0, 0.1) is 6.92 Å². The fourth-order valence-electron chi connectivity index (χ4n) is 5.77. The molecule has 7 nitrogen and oxygen atoms in total. The van der Waals surface area contributed by atoms with Gasteiger partial charge in [0.25, 0.3) is 10.0 Å². The third-order valence-corrected chi connectivity index (χ3v) is 10.3. The third-order valence-electron chi connectivity index (χ3n) is 8.28. The molecule has 1 atom stereocenters. The highest BCUT2D eigenvalue weighted by atomic mass is 35.5. The molecule has 4 aromatic rings. The highest BCUT2D eigenvalue weighted by Crippen LogP contribution is 2.27. The van der Waals surface area contributed by atoms with Crippen molar-refractivity contribution in [2.24, 2.45) is 0 Å². The predicted molar refractivity (Wildman–Crippen MR) is 178 cm³/mol. The second kappa shape index (κ2) is 14.8. The lowest BCUT2D eigenvalue weighted by atomic mass is 10.0. The van der Waals surface area contributed by atoms with E-state index in [1.807, 2.05) is 61.5 Å². The molecule has 1 aliphatic carbocycles. The predicted octanol–water partition coefficient (Wildman–Crippen LogP) is 6.54. The molecule has 4 aromatic carbocycles. The van der Waals surface area contributed by atoms with Gasteiger partial charge in [0, 0.05) is 24.0 Å². The van der Waals surface area contributed by atoms with Gasteiger partial charge in [-0.3, -0.25) is 13.9 Å². The summed E-state index contributed by atoms with van der Waals surface area (Å²) in [5.41, 5.74) is 2.99. The average Bonchev–Trinajstić information content (AvgIpc) is 3.56. The van der Waals surface area contributed by atoms with Gasteiger partial charge in [0.2, 0.25) is 11.8 Å². The van der Waals surface area contributed by atoms with E-state index in [1.165, 1.54) is 23.1 Å². The maximum atomic E-state index is 14.6. The van der Waals surface area contributed by atoms with E-state index in [-0.39, 0.29) is 35.5 Å². The molecule has 0 aliphatic heterocycles. The normalized spacial score (nSPS) is 14.1. The van der Waals surface area contributed by atoms with Crippen molar-refractivity contribution in [3.05, 3.63) is 131 Å². The molecule has 1 N–H and O–H groups in total. The van der Waals surface area contributed by atoms with Crippen LogP contribution in [0.15, 0.2) is 114 Å². The summed E-state index contributed by atoms with van der Waals surface area (Å²) in [6, 6.07) is 30.9. The van der Waals surface area contributed by atoms with Gasteiger partial charge in [-0.15, -0.1) is 0 Å². The second-order valence-corrected chi connectivity index (χ2v) is 13.7. The largest absolute Gasteiger partial charge is 0.352 e. The maximum absolute atomic E-state index is 14.6. The number of benzene rings is 4. The number of carbonyl (C=O) groups is 2. The molecule has 45 heavy (non-hydrogen) atoms. The van der Waals surface area contributed by atoms with E-state index >= 15 is 0 Å². The number of carbonyl (C=O) groups excluding carboxylic acids is 2. The molecule has 0 spiro atoms. The number of aryl methyl sites for hydroxylation is 1. The van der Waals surface area contributed by atoms with Crippen LogP contribution in [-0.4, -0.2) is 43.8 Å². The summed E-state index contributed by atoms with van der Waals surface area (Å²) in [5, 5.41) is 3.54. The van der Waals surface area contributed by atoms with Crippen molar-refractivity contribution < 1.29 is 18.0 Å². The zero-order chi connectivity index (χ0) is 31.8. The van der Waals surface area contributed by atoms with Crippen molar-refractivity contribution in [2.45, 2.75) is 62.6 Å². The monoisotopic (exact) mass is 643 g/mol. The van der Waals surface area contributed by atoms with Crippen LogP contribution in [-0.2, 0) is 32.6 Å². The van der Waals surface area contributed by atoms with E-state index in [2.05, 4.69) is 5.32 Å². The first-order valence-corrected chi connectivity index (χ1v) is 17.1. The average molecular weight is 644 g/mol. The van der Waals surface area contributed by atoms with Gasteiger partial charge < -0.3 is 10.2 Å². The van der Waals surface area contributed by atoms with Gasteiger partial charge in [0.15, 0.2) is 0 Å². The summed E-state index contributed by atoms with van der Waals surface area (Å²) >= 11 is 6.30. The van der Waals surface area contributed by atoms with Crippen LogP contribution >= 0.6 is 11.6 Å². The van der Waals surface area contributed by atoms with E-state index in [9.17, 15) is 18.0 Å². The molecule has 234 valence electrons. The smallest absolute Gasteiger partial charge is 0.264 e. The highest BCUT2D eigenvalue weighted by Gasteiger charge is 2.35. The molecular formula is C36H38ClN3O4S. The molecule has 9 heteroatoms. The maximum Gasteiger partial charge on any atom is 0.264 e. The molecule has 0 bridgehead atoms. The minimum absolute atomic E-state index is 0.0445. The first-order chi connectivity index (χ1) is 21.7. The van der Waals surface area contributed by atoms with Crippen LogP contribution in [0.4, 0.5) is 5.69 Å². The zero-order valence-electron chi connectivity index (χ0n) is 25.3. The number of halogens is 1. The van der Waals surface area contributed by atoms with Gasteiger partial charge in [0.1, 0.15) is 12.6 Å². The minimum Gasteiger partial charge on any atom is -0.352 e. The summed E-state index contributed by atoms with van der Waals surface area (Å²) in [7, 11) is -4.18. The topological polar surface area (TPSA) is 86.8 Å². The lowest BCUT2D eigenvalue weighted by Crippen LogP contribution is -2.54. The number of nitrogens with zero attached hydrogens (tertiary/aromatic N) is 2. The lowest BCUT2D eigenvalue weighted by Gasteiger charge is -2.34. The second-order valence-electron chi connectivity index (χ2n) is 11.4. The first kappa shape index (κ1) is 32.3. The number of amides is 2. The molecule has 0 heterocycles. The van der Waals surface area contributed by atoms with Crippen LogP contribution < -0.4 is 9.62 Å². The Hall–Kier alpha value is -4.14. The Morgan fingerprint density at radius 3 is 2.18 bits per heavy atom. The number of anilines is 1. The van der Waals surface area contributed by atoms with Crippen LogP contribution in [0.2, 0.25) is 5.02 Å². The van der Waals surface area contributed by atoms with E-state index in [0.717, 1.165) is 46.7 Å². The standard InChI is InChI=1S/C36H38ClN3O4S/c1-27-13-8-9-16-29(27)25-39(34(23-28-14-4-2-5-15-28)36(42)38-31-18-10-11-19-31)35(41)26-40(32-20-12-17-30(37)24-32)45(43,44)33-21-6-3-7-22-33/h2-9,12-17,20-22,24,31,34H,10-11,18-19,23,25-26H2,1H3,(H,38,42)/t34-/m0/s1. The molecule has 0 aromatic heterocycles. The number of sulfonamides is 1. The van der Waals surface area contributed by atoms with E-state index in [4.69, 9.17) is 11.6 Å². The van der Waals surface area contributed by atoms with Crippen LogP contribution in [0.5, 0.6) is 0 Å². The molecule has 1 aliphatic rings. The number of nitrogens with one attached hydrogen (secondary N) is 1. The summed E-state index contributed by atoms with van der Waals surface area (Å²) in [6.45, 7) is 1.57. The van der Waals surface area contributed by atoms with Gasteiger partial charge in [-0.05, 0) is 66.8 Å². The van der Waals surface area contributed by atoms with Gasteiger partial charge in [-0.2, -0.15) is 0 Å². The summed E-state index contributed by atoms with van der Waals surface area (Å²) in [6.07, 6.45) is 4.17. The Morgan fingerprint density at radius 1 is 0.867 bits per heavy atom. The van der Waals surface area contributed by atoms with Gasteiger partial charge in [-0.1, -0.05) is 103 Å². The number of rotatable bonds is 12. The first-order valence-electron chi connectivity index (χ1n) is 15.2. The summed E-state index contributed by atoms with van der Waals surface area (Å²) in [4.78, 5) is 30.3. The Labute approximate surface area is 270 Å². The lowest BCUT2D eigenvalue weighted by molar-refractivity contribution is -0.140. The Kier molecular flexibility index (Phi) is 10.6. The molecular weight excluding hydrogens is 606 g/mol. The molecule has 0 unspecified atom stereocenters. The van der Waals surface area contributed by atoms with Crippen molar-refractivity contribution in [2.75, 3.05) is 10.8 Å². The zero-order valence-corrected chi connectivity index (χ0v) is 26.9. The fourth-order valence-corrected chi connectivity index (χ4v) is 7.38. The molecule has 0 radical (unpaired) electrons. The number of hydrogen-bond donors (Lipinski definition) is 1. The highest BCUT2D eigenvalue weighted by molar-refractivity contribution is 7.92. The van der Waals surface area contributed by atoms with Crippen molar-refractivity contribution >= 4 is 39.1 Å². The molecule has 1 fully saturated rings. The quantitative estimate of drug-likeness (QED) is 0.190. The SMILES string of the molecule is Cc1ccccc1CN(C(=O)CN(c1cccc(Cl)c1)S(=O)(=O)c1ccccc1)[C@@H](Cc1ccccc1)C(=O)NC1CCCC1. The summed E-state index contributed by atoms with van der Waals surface area (Å²) in [5.74, 6) is -0.742. The van der Waals surface area contributed by atoms with E-state index < -0.39 is 28.5 Å². The van der Waals surface area contributed by atoms with Crippen molar-refractivity contribution in [1.82, 2.24) is 10.2 Å². The number of hydrogen-bond acceptors (Lipinski definition) is 4. The van der Waals surface area contributed by atoms with Gasteiger partial charge in [0.05, 0.1) is 10.6 Å². The molecule has 5 rings (SSSR count). The Balaban J connectivity index is 1.57. The Morgan fingerprint density at radius 2 is 1.51 bits per heavy atom. The third kappa shape index (κ3) is 8.12. The van der Waals surface area contributed by atoms with Crippen molar-refractivity contribution in [1.29, 1.82) is 0 Å². The van der Waals surface area contributed by atoms with E-state index in [1.54, 1.807) is 36.4 Å². The van der Waals surface area contributed by atoms with Gasteiger partial charge in [-0.25, -0.2) is 8.42 Å². The molecule has 1 saturated carbocycles. The Bertz CT molecular complexity index is 1710. The minimum atomic E-state index is -4.18. The van der Waals surface area contributed by atoms with Crippen LogP contribution in [0.25, 0.3) is 0 Å². The fraction of sp³-hybridized carbons (Fsp3) is 0.278. The van der Waals surface area contributed by atoms with Gasteiger partial charge >= 0.3 is 0 Å². The summed E-state index contributed by atoms with van der Waals surface area (Å²) < 4.78 is 29.2. The van der Waals surface area contributed by atoms with Crippen LogP contribution in [0.3, 0.4) is 0 Å². The molecule has 0 saturated heterocycles. The van der Waals surface area contributed by atoms with E-state index in [0.29, 0.717) is 5.02 Å².